The Balaban J connectivity index is 1.56. The monoisotopic (exact) mass is 312 g/mol. The second kappa shape index (κ2) is 7.44. The van der Waals surface area contributed by atoms with Crippen molar-refractivity contribution in [3.8, 4) is 0 Å². The molecular weight excluding hydrogens is 288 g/mol. The average Bonchev–Trinajstić information content (AvgIpc) is 2.57. The summed E-state index contributed by atoms with van der Waals surface area (Å²) in [6.45, 7) is 6.61. The van der Waals surface area contributed by atoms with Crippen LogP contribution < -0.4 is 10.2 Å². The van der Waals surface area contributed by atoms with E-state index >= 15 is 0 Å². The van der Waals surface area contributed by atoms with Gasteiger partial charge in [0.15, 0.2) is 0 Å². The van der Waals surface area contributed by atoms with Crippen LogP contribution in [0.4, 0.5) is 17.2 Å². The van der Waals surface area contributed by atoms with Gasteiger partial charge in [0.2, 0.25) is 0 Å². The molecular formula is C18H24N4O. The van der Waals surface area contributed by atoms with Crippen molar-refractivity contribution in [3.63, 3.8) is 0 Å². The molecule has 2 aromatic rings. The summed E-state index contributed by atoms with van der Waals surface area (Å²) in [5.41, 5.74) is 2.29. The number of piperazine rings is 1. The predicted octanol–water partition coefficient (Wildman–Crippen LogP) is 2.33. The van der Waals surface area contributed by atoms with Crippen LogP contribution in [0, 0.1) is 0 Å². The number of aliphatic hydroxyl groups is 1. The van der Waals surface area contributed by atoms with E-state index in [0.29, 0.717) is 0 Å². The van der Waals surface area contributed by atoms with Gasteiger partial charge in [0.05, 0.1) is 6.10 Å². The Bertz CT molecular complexity index is 592. The summed E-state index contributed by atoms with van der Waals surface area (Å²) < 4.78 is 0. The largest absolute Gasteiger partial charge is 0.392 e. The van der Waals surface area contributed by atoms with Crippen LogP contribution in [0.15, 0.2) is 48.7 Å². The van der Waals surface area contributed by atoms with Gasteiger partial charge in [-0.3, -0.25) is 4.90 Å². The molecule has 2 N–H and O–H groups in total. The Morgan fingerprint density at radius 3 is 2.43 bits per heavy atom. The summed E-state index contributed by atoms with van der Waals surface area (Å²) >= 11 is 0. The number of aliphatic hydroxyl groups excluding tert-OH is 1. The number of β-amino-alcohol motifs (C(OH)–C–C–N with tert-alkyl or cyclic N) is 1. The third-order valence-corrected chi connectivity index (χ3v) is 4.06. The minimum atomic E-state index is -0.251. The first-order valence-electron chi connectivity index (χ1n) is 8.14. The van der Waals surface area contributed by atoms with Gasteiger partial charge in [0.1, 0.15) is 5.82 Å². The molecule has 23 heavy (non-hydrogen) atoms. The normalized spacial score (nSPS) is 17.0. The number of hydrogen-bond donors (Lipinski definition) is 2. The van der Waals surface area contributed by atoms with Gasteiger partial charge >= 0.3 is 0 Å². The maximum atomic E-state index is 9.47. The highest BCUT2D eigenvalue weighted by Crippen LogP contribution is 2.21. The molecule has 1 unspecified atom stereocenters. The smallest absolute Gasteiger partial charge is 0.130 e. The molecule has 1 saturated heterocycles. The zero-order valence-electron chi connectivity index (χ0n) is 13.5. The van der Waals surface area contributed by atoms with Gasteiger partial charge in [0, 0.05) is 50.3 Å². The fourth-order valence-electron chi connectivity index (χ4n) is 2.90. The molecule has 0 radical (unpaired) electrons. The number of hydrogen-bond acceptors (Lipinski definition) is 5. The molecule has 0 aliphatic carbocycles. The van der Waals surface area contributed by atoms with Gasteiger partial charge in [-0.1, -0.05) is 6.07 Å². The first kappa shape index (κ1) is 15.8. The van der Waals surface area contributed by atoms with E-state index in [-0.39, 0.29) is 6.10 Å². The lowest BCUT2D eigenvalue weighted by Crippen LogP contribution is -2.48. The Hall–Kier alpha value is -2.11. The highest BCUT2D eigenvalue weighted by molar-refractivity contribution is 5.60. The Labute approximate surface area is 137 Å². The molecule has 1 fully saturated rings. The Morgan fingerprint density at radius 1 is 1.09 bits per heavy atom. The highest BCUT2D eigenvalue weighted by atomic mass is 16.3. The molecule has 0 bridgehead atoms. The lowest BCUT2D eigenvalue weighted by molar-refractivity contribution is 0.123. The average molecular weight is 312 g/mol. The number of benzene rings is 1. The summed E-state index contributed by atoms with van der Waals surface area (Å²) in [6.07, 6.45) is 1.53. The zero-order valence-corrected chi connectivity index (χ0v) is 13.5. The maximum absolute atomic E-state index is 9.47. The Morgan fingerprint density at radius 2 is 1.83 bits per heavy atom. The first-order chi connectivity index (χ1) is 11.2. The van der Waals surface area contributed by atoms with Crippen molar-refractivity contribution in [2.75, 3.05) is 42.9 Å². The van der Waals surface area contributed by atoms with Gasteiger partial charge in [-0.05, 0) is 43.3 Å². The number of nitrogens with zero attached hydrogens (tertiary/aromatic N) is 3. The fraction of sp³-hybridized carbons (Fsp3) is 0.389. The Kier molecular flexibility index (Phi) is 5.10. The second-order valence-electron chi connectivity index (χ2n) is 6.02. The number of nitrogens with one attached hydrogen (secondary N) is 1. The van der Waals surface area contributed by atoms with Crippen molar-refractivity contribution >= 4 is 17.2 Å². The topological polar surface area (TPSA) is 51.6 Å². The predicted molar refractivity (Wildman–Crippen MR) is 94.3 cm³/mol. The second-order valence-corrected chi connectivity index (χ2v) is 6.02. The quantitative estimate of drug-likeness (QED) is 0.887. The molecule has 1 atom stereocenters. The standard InChI is InChI=1S/C18H24N4O/c1-15(23)14-21-10-12-22(13-11-21)17-7-5-16(6-8-17)20-18-4-2-3-9-19-18/h2-9,15,23H,10-14H2,1H3,(H,19,20). The third-order valence-electron chi connectivity index (χ3n) is 4.06. The molecule has 1 aromatic heterocycles. The van der Waals surface area contributed by atoms with Crippen LogP contribution in [0.2, 0.25) is 0 Å². The van der Waals surface area contributed by atoms with E-state index in [1.807, 2.05) is 25.1 Å². The van der Waals surface area contributed by atoms with Crippen molar-refractivity contribution in [1.82, 2.24) is 9.88 Å². The van der Waals surface area contributed by atoms with Crippen LogP contribution >= 0.6 is 0 Å². The van der Waals surface area contributed by atoms with Crippen LogP contribution in [0.25, 0.3) is 0 Å². The van der Waals surface area contributed by atoms with Crippen molar-refractivity contribution in [2.24, 2.45) is 0 Å². The lowest BCUT2D eigenvalue weighted by Gasteiger charge is -2.36. The summed E-state index contributed by atoms with van der Waals surface area (Å²) in [7, 11) is 0. The molecule has 2 heterocycles. The molecule has 5 heteroatoms. The highest BCUT2D eigenvalue weighted by Gasteiger charge is 2.18. The molecule has 0 saturated carbocycles. The molecule has 1 aliphatic heterocycles. The van der Waals surface area contributed by atoms with Crippen molar-refractivity contribution in [2.45, 2.75) is 13.0 Å². The SMILES string of the molecule is CC(O)CN1CCN(c2ccc(Nc3ccccn3)cc2)CC1. The lowest BCUT2D eigenvalue weighted by atomic mass is 10.2. The van der Waals surface area contributed by atoms with Crippen molar-refractivity contribution in [1.29, 1.82) is 0 Å². The van der Waals surface area contributed by atoms with Crippen LogP contribution in [-0.4, -0.2) is 53.8 Å². The number of anilines is 3. The maximum Gasteiger partial charge on any atom is 0.130 e. The van der Waals surface area contributed by atoms with Gasteiger partial charge in [-0.15, -0.1) is 0 Å². The van der Waals surface area contributed by atoms with E-state index in [1.54, 1.807) is 6.20 Å². The summed E-state index contributed by atoms with van der Waals surface area (Å²) in [4.78, 5) is 8.98. The van der Waals surface area contributed by atoms with Crippen LogP contribution in [0.3, 0.4) is 0 Å². The zero-order chi connectivity index (χ0) is 16.1. The molecule has 5 nitrogen and oxygen atoms in total. The van der Waals surface area contributed by atoms with E-state index in [0.717, 1.165) is 44.2 Å². The van der Waals surface area contributed by atoms with E-state index < -0.39 is 0 Å². The minimum absolute atomic E-state index is 0.251. The summed E-state index contributed by atoms with van der Waals surface area (Å²) in [5.74, 6) is 0.854. The van der Waals surface area contributed by atoms with E-state index in [1.165, 1.54) is 5.69 Å². The number of pyridine rings is 1. The molecule has 0 spiro atoms. The van der Waals surface area contributed by atoms with Gasteiger partial charge in [-0.2, -0.15) is 0 Å². The van der Waals surface area contributed by atoms with Gasteiger partial charge in [-0.25, -0.2) is 4.98 Å². The van der Waals surface area contributed by atoms with Crippen LogP contribution in [0.1, 0.15) is 6.92 Å². The van der Waals surface area contributed by atoms with Crippen molar-refractivity contribution < 1.29 is 5.11 Å². The van der Waals surface area contributed by atoms with Crippen LogP contribution in [0.5, 0.6) is 0 Å². The molecule has 122 valence electrons. The number of rotatable bonds is 5. The molecule has 0 amide bonds. The van der Waals surface area contributed by atoms with Crippen molar-refractivity contribution in [3.05, 3.63) is 48.7 Å². The van der Waals surface area contributed by atoms with Gasteiger partial charge < -0.3 is 15.3 Å². The van der Waals surface area contributed by atoms with E-state index in [4.69, 9.17) is 0 Å². The molecule has 1 aromatic carbocycles. The molecule has 3 rings (SSSR count). The first-order valence-corrected chi connectivity index (χ1v) is 8.14. The molecule has 1 aliphatic rings. The fourth-order valence-corrected chi connectivity index (χ4v) is 2.90. The summed E-state index contributed by atoms with van der Waals surface area (Å²) in [5, 5.41) is 12.8. The third kappa shape index (κ3) is 4.43. The van der Waals surface area contributed by atoms with E-state index in [9.17, 15) is 5.11 Å². The van der Waals surface area contributed by atoms with Gasteiger partial charge in [0.25, 0.3) is 0 Å². The summed E-state index contributed by atoms with van der Waals surface area (Å²) in [6, 6.07) is 14.3. The van der Waals surface area contributed by atoms with Crippen LogP contribution in [-0.2, 0) is 0 Å². The van der Waals surface area contributed by atoms with E-state index in [2.05, 4.69) is 44.4 Å². The minimum Gasteiger partial charge on any atom is -0.392 e. The number of aromatic nitrogens is 1.